The highest BCUT2D eigenvalue weighted by Crippen LogP contribution is 2.16. The minimum atomic E-state index is -0.284. The first kappa shape index (κ1) is 17.7. The van der Waals surface area contributed by atoms with Crippen molar-refractivity contribution in [3.05, 3.63) is 34.4 Å². The van der Waals surface area contributed by atoms with Crippen LogP contribution in [0.2, 0.25) is 5.02 Å². The Kier molecular flexibility index (Phi) is 6.01. The molecule has 0 aliphatic heterocycles. The molecule has 0 bridgehead atoms. The highest BCUT2D eigenvalue weighted by Gasteiger charge is 2.15. The summed E-state index contributed by atoms with van der Waals surface area (Å²) in [4.78, 5) is 20.4. The third kappa shape index (κ3) is 4.68. The summed E-state index contributed by atoms with van der Waals surface area (Å²) in [6, 6.07) is 2.04. The predicted molar refractivity (Wildman–Crippen MR) is 92.0 cm³/mol. The standard InChI is InChI=1S/C15H20ClN5OS/c1-9(8-21-11(3)5-10(2)20-21)6-17-14(22)13-12(16)7-18-15(19-13)23-4/h5,7,9H,6,8H2,1-4H3,(H,17,22)/t9-/m0/s1. The van der Waals surface area contributed by atoms with E-state index >= 15 is 0 Å². The molecular weight excluding hydrogens is 334 g/mol. The second kappa shape index (κ2) is 7.79. The molecule has 8 heteroatoms. The maximum atomic E-state index is 12.2. The summed E-state index contributed by atoms with van der Waals surface area (Å²) in [6.45, 7) is 7.32. The molecule has 6 nitrogen and oxygen atoms in total. The first-order valence-corrected chi connectivity index (χ1v) is 8.86. The SMILES string of the molecule is CSc1ncc(Cl)c(C(=O)NC[C@H](C)Cn2nc(C)cc2C)n1. The van der Waals surface area contributed by atoms with Crippen LogP contribution in [0.5, 0.6) is 0 Å². The van der Waals surface area contributed by atoms with Gasteiger partial charge >= 0.3 is 0 Å². The summed E-state index contributed by atoms with van der Waals surface area (Å²) in [6.07, 6.45) is 3.30. The average Bonchev–Trinajstić information content (AvgIpc) is 2.83. The smallest absolute Gasteiger partial charge is 0.271 e. The topological polar surface area (TPSA) is 72.7 Å². The number of thioether (sulfide) groups is 1. The van der Waals surface area contributed by atoms with Crippen LogP contribution < -0.4 is 5.32 Å². The number of rotatable bonds is 6. The summed E-state index contributed by atoms with van der Waals surface area (Å²) in [5.41, 5.74) is 2.32. The maximum Gasteiger partial charge on any atom is 0.271 e. The van der Waals surface area contributed by atoms with Gasteiger partial charge in [0.15, 0.2) is 10.9 Å². The summed E-state index contributed by atoms with van der Waals surface area (Å²) in [5.74, 6) is -0.0505. The fraction of sp³-hybridized carbons (Fsp3) is 0.467. The molecule has 0 aliphatic rings. The van der Waals surface area contributed by atoms with Crippen LogP contribution in [-0.4, -0.2) is 38.5 Å². The van der Waals surface area contributed by atoms with Gasteiger partial charge in [-0.2, -0.15) is 5.10 Å². The molecule has 2 aromatic rings. The molecule has 2 rings (SSSR count). The van der Waals surface area contributed by atoms with Crippen molar-refractivity contribution in [3.63, 3.8) is 0 Å². The molecule has 0 saturated carbocycles. The van der Waals surface area contributed by atoms with Gasteiger partial charge in [0, 0.05) is 18.8 Å². The van der Waals surface area contributed by atoms with Crippen molar-refractivity contribution in [2.24, 2.45) is 5.92 Å². The Balaban J connectivity index is 1.95. The van der Waals surface area contributed by atoms with Crippen molar-refractivity contribution in [2.75, 3.05) is 12.8 Å². The normalized spacial score (nSPS) is 12.2. The lowest BCUT2D eigenvalue weighted by molar-refractivity contribution is 0.0940. The molecule has 124 valence electrons. The quantitative estimate of drug-likeness (QED) is 0.638. The summed E-state index contributed by atoms with van der Waals surface area (Å²) >= 11 is 7.37. The van der Waals surface area contributed by atoms with E-state index in [1.54, 1.807) is 0 Å². The number of carbonyl (C=O) groups excluding carboxylic acids is 1. The highest BCUT2D eigenvalue weighted by molar-refractivity contribution is 7.98. The van der Waals surface area contributed by atoms with Crippen molar-refractivity contribution in [3.8, 4) is 0 Å². The van der Waals surface area contributed by atoms with Crippen LogP contribution in [0.3, 0.4) is 0 Å². The molecule has 0 spiro atoms. The van der Waals surface area contributed by atoms with E-state index in [9.17, 15) is 4.79 Å². The molecule has 0 fully saturated rings. The van der Waals surface area contributed by atoms with Crippen LogP contribution in [0.1, 0.15) is 28.8 Å². The summed E-state index contributed by atoms with van der Waals surface area (Å²) in [7, 11) is 0. The van der Waals surface area contributed by atoms with Gasteiger partial charge in [-0.1, -0.05) is 30.3 Å². The van der Waals surface area contributed by atoms with Gasteiger partial charge in [0.25, 0.3) is 5.91 Å². The minimum absolute atomic E-state index is 0.212. The van der Waals surface area contributed by atoms with Crippen LogP contribution in [0.4, 0.5) is 0 Å². The number of amides is 1. The van der Waals surface area contributed by atoms with E-state index in [1.165, 1.54) is 18.0 Å². The van der Waals surface area contributed by atoms with E-state index in [-0.39, 0.29) is 22.5 Å². The zero-order chi connectivity index (χ0) is 17.0. The van der Waals surface area contributed by atoms with E-state index in [1.807, 2.05) is 30.9 Å². The van der Waals surface area contributed by atoms with E-state index in [0.717, 1.165) is 17.9 Å². The van der Waals surface area contributed by atoms with Gasteiger partial charge in [-0.05, 0) is 32.1 Å². The minimum Gasteiger partial charge on any atom is -0.350 e. The van der Waals surface area contributed by atoms with Crippen LogP contribution >= 0.6 is 23.4 Å². The number of hydrogen-bond donors (Lipinski definition) is 1. The van der Waals surface area contributed by atoms with Crippen molar-refractivity contribution >= 4 is 29.3 Å². The molecule has 2 heterocycles. The fourth-order valence-corrected chi connectivity index (χ4v) is 2.70. The van der Waals surface area contributed by atoms with E-state index in [0.29, 0.717) is 11.7 Å². The second-order valence-corrected chi connectivity index (χ2v) is 6.66. The van der Waals surface area contributed by atoms with Gasteiger partial charge in [-0.15, -0.1) is 0 Å². The first-order valence-electron chi connectivity index (χ1n) is 7.26. The Labute approximate surface area is 145 Å². The number of carbonyl (C=O) groups is 1. The number of halogens is 1. The van der Waals surface area contributed by atoms with E-state index in [4.69, 9.17) is 11.6 Å². The lowest BCUT2D eigenvalue weighted by atomic mass is 10.2. The van der Waals surface area contributed by atoms with Crippen molar-refractivity contribution in [1.29, 1.82) is 0 Å². The maximum absolute atomic E-state index is 12.2. The number of hydrogen-bond acceptors (Lipinski definition) is 5. The number of aryl methyl sites for hydroxylation is 2. The van der Waals surface area contributed by atoms with E-state index in [2.05, 4.69) is 27.3 Å². The van der Waals surface area contributed by atoms with Gasteiger partial charge in [-0.3, -0.25) is 9.48 Å². The Bertz CT molecular complexity index is 703. The largest absolute Gasteiger partial charge is 0.350 e. The van der Waals surface area contributed by atoms with Gasteiger partial charge in [0.2, 0.25) is 0 Å². The molecule has 1 amide bonds. The molecule has 1 atom stereocenters. The number of nitrogens with one attached hydrogen (secondary N) is 1. The fourth-order valence-electron chi connectivity index (χ4n) is 2.18. The van der Waals surface area contributed by atoms with Crippen LogP contribution in [-0.2, 0) is 6.54 Å². The zero-order valence-electron chi connectivity index (χ0n) is 13.6. The molecular formula is C15H20ClN5OS. The van der Waals surface area contributed by atoms with E-state index < -0.39 is 0 Å². The van der Waals surface area contributed by atoms with Gasteiger partial charge in [0.1, 0.15) is 0 Å². The lowest BCUT2D eigenvalue weighted by Crippen LogP contribution is -2.31. The predicted octanol–water partition coefficient (Wildman–Crippen LogP) is 2.73. The second-order valence-electron chi connectivity index (χ2n) is 5.48. The van der Waals surface area contributed by atoms with Crippen LogP contribution in [0, 0.1) is 19.8 Å². The average molecular weight is 354 g/mol. The summed E-state index contributed by atoms with van der Waals surface area (Å²) < 4.78 is 1.95. The van der Waals surface area contributed by atoms with Crippen molar-refractivity contribution < 1.29 is 4.79 Å². The Hall–Kier alpha value is -1.60. The summed E-state index contributed by atoms with van der Waals surface area (Å²) in [5, 5.41) is 8.08. The van der Waals surface area contributed by atoms with Crippen molar-refractivity contribution in [1.82, 2.24) is 25.1 Å². The molecule has 0 unspecified atom stereocenters. The van der Waals surface area contributed by atoms with Gasteiger partial charge < -0.3 is 5.32 Å². The molecule has 0 radical (unpaired) electrons. The number of aromatic nitrogens is 4. The molecule has 23 heavy (non-hydrogen) atoms. The van der Waals surface area contributed by atoms with Crippen molar-refractivity contribution in [2.45, 2.75) is 32.5 Å². The van der Waals surface area contributed by atoms with Gasteiger partial charge in [-0.25, -0.2) is 9.97 Å². The highest BCUT2D eigenvalue weighted by atomic mass is 35.5. The Morgan fingerprint density at radius 2 is 2.22 bits per heavy atom. The molecule has 0 aromatic carbocycles. The Morgan fingerprint density at radius 1 is 1.48 bits per heavy atom. The molecule has 2 aromatic heterocycles. The first-order chi connectivity index (χ1) is 10.9. The molecule has 0 saturated heterocycles. The van der Waals surface area contributed by atoms with Gasteiger partial charge in [0.05, 0.1) is 16.9 Å². The number of nitrogens with zero attached hydrogens (tertiary/aromatic N) is 4. The lowest BCUT2D eigenvalue weighted by Gasteiger charge is -2.14. The monoisotopic (exact) mass is 353 g/mol. The third-order valence-corrected chi connectivity index (χ3v) is 4.16. The molecule has 1 N–H and O–H groups in total. The zero-order valence-corrected chi connectivity index (χ0v) is 15.2. The van der Waals surface area contributed by atoms with Crippen LogP contribution in [0.25, 0.3) is 0 Å². The Morgan fingerprint density at radius 3 is 2.83 bits per heavy atom. The third-order valence-electron chi connectivity index (χ3n) is 3.32. The van der Waals surface area contributed by atoms with Crippen LogP contribution in [0.15, 0.2) is 17.4 Å². The molecule has 0 aliphatic carbocycles.